The van der Waals surface area contributed by atoms with Gasteiger partial charge in [-0.2, -0.15) is 0 Å². The van der Waals surface area contributed by atoms with Gasteiger partial charge in [-0.15, -0.1) is 0 Å². The fraction of sp³-hybridized carbons (Fsp3) is 0.467. The molecule has 20 heavy (non-hydrogen) atoms. The topological polar surface area (TPSA) is 84.2 Å². The molecular weight excluding hydrogens is 254 g/mol. The van der Waals surface area contributed by atoms with Gasteiger partial charge in [0.25, 0.3) is 5.91 Å². The Morgan fingerprint density at radius 3 is 2.55 bits per heavy atom. The summed E-state index contributed by atoms with van der Waals surface area (Å²) >= 11 is 0. The monoisotopic (exact) mass is 277 g/mol. The molecule has 0 unspecified atom stereocenters. The quantitative estimate of drug-likeness (QED) is 0.634. The Bertz CT molecular complexity index is 458. The van der Waals surface area contributed by atoms with Crippen LogP contribution < -0.4 is 16.4 Å². The van der Waals surface area contributed by atoms with E-state index in [2.05, 4.69) is 10.6 Å². The van der Waals surface area contributed by atoms with E-state index in [-0.39, 0.29) is 17.9 Å². The SMILES string of the molecule is CC(C)Nc1ccccc1C(=O)NCCCCC(N)=O. The lowest BCUT2D eigenvalue weighted by Gasteiger charge is -2.14. The lowest BCUT2D eigenvalue weighted by molar-refractivity contribution is -0.118. The summed E-state index contributed by atoms with van der Waals surface area (Å²) in [6, 6.07) is 7.69. The second kappa shape index (κ2) is 8.19. The van der Waals surface area contributed by atoms with Crippen molar-refractivity contribution in [2.45, 2.75) is 39.2 Å². The Morgan fingerprint density at radius 2 is 1.90 bits per heavy atom. The van der Waals surface area contributed by atoms with Crippen LogP contribution in [-0.4, -0.2) is 24.4 Å². The molecule has 5 heteroatoms. The zero-order chi connectivity index (χ0) is 15.0. The number of unbranched alkanes of at least 4 members (excludes halogenated alkanes) is 1. The van der Waals surface area contributed by atoms with Gasteiger partial charge in [0.15, 0.2) is 0 Å². The molecule has 0 saturated heterocycles. The van der Waals surface area contributed by atoms with Crippen LogP contribution in [-0.2, 0) is 4.79 Å². The molecule has 0 atom stereocenters. The summed E-state index contributed by atoms with van der Waals surface area (Å²) in [4.78, 5) is 22.7. The molecule has 0 bridgehead atoms. The predicted octanol–water partition coefficient (Wildman–Crippen LogP) is 1.89. The highest BCUT2D eigenvalue weighted by Crippen LogP contribution is 2.15. The first-order chi connectivity index (χ1) is 9.50. The molecular formula is C15H23N3O2. The van der Waals surface area contributed by atoms with Crippen LogP contribution in [0.1, 0.15) is 43.5 Å². The van der Waals surface area contributed by atoms with Gasteiger partial charge in [0.05, 0.1) is 5.56 Å². The fourth-order valence-corrected chi connectivity index (χ4v) is 1.84. The number of para-hydroxylation sites is 1. The number of primary amides is 1. The van der Waals surface area contributed by atoms with Gasteiger partial charge in [-0.1, -0.05) is 12.1 Å². The number of amides is 2. The molecule has 1 rings (SSSR count). The molecule has 1 aromatic carbocycles. The lowest BCUT2D eigenvalue weighted by atomic mass is 10.1. The largest absolute Gasteiger partial charge is 0.382 e. The van der Waals surface area contributed by atoms with Gasteiger partial charge < -0.3 is 16.4 Å². The molecule has 4 N–H and O–H groups in total. The highest BCUT2D eigenvalue weighted by molar-refractivity contribution is 5.99. The highest BCUT2D eigenvalue weighted by atomic mass is 16.2. The number of hydrogen-bond donors (Lipinski definition) is 3. The third kappa shape index (κ3) is 5.73. The first-order valence-corrected chi connectivity index (χ1v) is 6.92. The van der Waals surface area contributed by atoms with Crippen LogP contribution in [0.15, 0.2) is 24.3 Å². The molecule has 1 aromatic rings. The van der Waals surface area contributed by atoms with Crippen molar-refractivity contribution >= 4 is 17.5 Å². The molecule has 0 radical (unpaired) electrons. The van der Waals surface area contributed by atoms with Crippen LogP contribution in [0.2, 0.25) is 0 Å². The zero-order valence-electron chi connectivity index (χ0n) is 12.1. The minimum absolute atomic E-state index is 0.104. The van der Waals surface area contributed by atoms with Crippen LogP contribution >= 0.6 is 0 Å². The molecule has 0 aliphatic heterocycles. The first-order valence-electron chi connectivity index (χ1n) is 6.92. The molecule has 0 aromatic heterocycles. The maximum absolute atomic E-state index is 12.1. The number of carbonyl (C=O) groups is 2. The third-order valence-corrected chi connectivity index (χ3v) is 2.75. The van der Waals surface area contributed by atoms with Gasteiger partial charge >= 0.3 is 0 Å². The smallest absolute Gasteiger partial charge is 0.253 e. The summed E-state index contributed by atoms with van der Waals surface area (Å²) in [5, 5.41) is 6.10. The van der Waals surface area contributed by atoms with Crippen molar-refractivity contribution in [3.05, 3.63) is 29.8 Å². The Kier molecular flexibility index (Phi) is 6.56. The average molecular weight is 277 g/mol. The van der Waals surface area contributed by atoms with E-state index in [0.29, 0.717) is 24.9 Å². The summed E-state index contributed by atoms with van der Waals surface area (Å²) in [6.45, 7) is 4.60. The number of anilines is 1. The van der Waals surface area contributed by atoms with E-state index in [1.165, 1.54) is 0 Å². The molecule has 0 aliphatic rings. The van der Waals surface area contributed by atoms with Crippen molar-refractivity contribution in [3.8, 4) is 0 Å². The molecule has 0 saturated carbocycles. The molecule has 0 aliphatic carbocycles. The summed E-state index contributed by atoms with van der Waals surface area (Å²) in [6.07, 6.45) is 1.80. The zero-order valence-corrected chi connectivity index (χ0v) is 12.1. The van der Waals surface area contributed by atoms with Crippen molar-refractivity contribution < 1.29 is 9.59 Å². The van der Waals surface area contributed by atoms with Gasteiger partial charge in [0.2, 0.25) is 5.91 Å². The standard InChI is InChI=1S/C15H23N3O2/c1-11(2)18-13-8-4-3-7-12(13)15(20)17-10-6-5-9-14(16)19/h3-4,7-8,11,18H,5-6,9-10H2,1-2H3,(H2,16,19)(H,17,20). The van der Waals surface area contributed by atoms with Crippen LogP contribution in [0.4, 0.5) is 5.69 Å². The highest BCUT2D eigenvalue weighted by Gasteiger charge is 2.10. The van der Waals surface area contributed by atoms with E-state index < -0.39 is 0 Å². The molecule has 0 heterocycles. The van der Waals surface area contributed by atoms with E-state index in [1.807, 2.05) is 32.0 Å². The normalized spacial score (nSPS) is 10.3. The Morgan fingerprint density at radius 1 is 1.20 bits per heavy atom. The predicted molar refractivity (Wildman–Crippen MR) is 80.6 cm³/mol. The van der Waals surface area contributed by atoms with Crippen molar-refractivity contribution in [1.29, 1.82) is 0 Å². The molecule has 0 spiro atoms. The van der Waals surface area contributed by atoms with Crippen LogP contribution in [0, 0.1) is 0 Å². The maximum Gasteiger partial charge on any atom is 0.253 e. The number of nitrogens with one attached hydrogen (secondary N) is 2. The van der Waals surface area contributed by atoms with E-state index in [1.54, 1.807) is 6.07 Å². The second-order valence-electron chi connectivity index (χ2n) is 5.02. The first kappa shape index (κ1) is 16.0. The summed E-state index contributed by atoms with van der Waals surface area (Å²) in [5.74, 6) is -0.407. The Hall–Kier alpha value is -2.04. The van der Waals surface area contributed by atoms with Gasteiger partial charge in [0.1, 0.15) is 0 Å². The summed E-state index contributed by atoms with van der Waals surface area (Å²) in [5.41, 5.74) is 6.52. The second-order valence-corrected chi connectivity index (χ2v) is 5.02. The minimum atomic E-state index is -0.303. The van der Waals surface area contributed by atoms with E-state index in [4.69, 9.17) is 5.73 Å². The van der Waals surface area contributed by atoms with Gasteiger partial charge in [0, 0.05) is 24.7 Å². The van der Waals surface area contributed by atoms with Crippen LogP contribution in [0.5, 0.6) is 0 Å². The van der Waals surface area contributed by atoms with Crippen molar-refractivity contribution in [3.63, 3.8) is 0 Å². The van der Waals surface area contributed by atoms with Crippen LogP contribution in [0.3, 0.4) is 0 Å². The van der Waals surface area contributed by atoms with Gasteiger partial charge in [-0.3, -0.25) is 9.59 Å². The van der Waals surface area contributed by atoms with Crippen molar-refractivity contribution in [2.24, 2.45) is 5.73 Å². The van der Waals surface area contributed by atoms with E-state index >= 15 is 0 Å². The summed E-state index contributed by atoms with van der Waals surface area (Å²) < 4.78 is 0. The Labute approximate surface area is 119 Å². The number of hydrogen-bond acceptors (Lipinski definition) is 3. The molecule has 110 valence electrons. The average Bonchev–Trinajstić information content (AvgIpc) is 2.37. The molecule has 5 nitrogen and oxygen atoms in total. The molecule has 0 fully saturated rings. The van der Waals surface area contributed by atoms with Crippen molar-refractivity contribution in [2.75, 3.05) is 11.9 Å². The van der Waals surface area contributed by atoms with Crippen LogP contribution in [0.25, 0.3) is 0 Å². The number of benzene rings is 1. The molecule has 2 amide bonds. The Balaban J connectivity index is 2.48. The fourth-order valence-electron chi connectivity index (χ4n) is 1.84. The minimum Gasteiger partial charge on any atom is -0.382 e. The number of rotatable bonds is 8. The lowest BCUT2D eigenvalue weighted by Crippen LogP contribution is -2.26. The summed E-state index contributed by atoms with van der Waals surface area (Å²) in [7, 11) is 0. The van der Waals surface area contributed by atoms with Crippen molar-refractivity contribution in [1.82, 2.24) is 5.32 Å². The van der Waals surface area contributed by atoms with E-state index in [9.17, 15) is 9.59 Å². The number of carbonyl (C=O) groups excluding carboxylic acids is 2. The van der Waals surface area contributed by atoms with E-state index in [0.717, 1.165) is 12.1 Å². The maximum atomic E-state index is 12.1. The van der Waals surface area contributed by atoms with Gasteiger partial charge in [-0.25, -0.2) is 0 Å². The number of nitrogens with two attached hydrogens (primary N) is 1. The van der Waals surface area contributed by atoms with Gasteiger partial charge in [-0.05, 0) is 38.8 Å². The third-order valence-electron chi connectivity index (χ3n) is 2.75.